The molecule has 1 saturated heterocycles. The Morgan fingerprint density at radius 2 is 1.94 bits per heavy atom. The van der Waals surface area contributed by atoms with Crippen LogP contribution in [0.15, 0.2) is 0 Å². The van der Waals surface area contributed by atoms with E-state index < -0.39 is 17.4 Å². The van der Waals surface area contributed by atoms with Crippen LogP contribution < -0.4 is 10.6 Å². The number of carbonyl (C=O) groups is 3. The number of amides is 4. The number of rotatable bonds is 1. The fourth-order valence-electron chi connectivity index (χ4n) is 2.43. The summed E-state index contributed by atoms with van der Waals surface area (Å²) in [5.41, 5.74) is -0.989. The van der Waals surface area contributed by atoms with Gasteiger partial charge in [0.15, 0.2) is 0 Å². The van der Waals surface area contributed by atoms with Crippen molar-refractivity contribution in [2.45, 2.75) is 51.1 Å². The molecule has 0 radical (unpaired) electrons. The van der Waals surface area contributed by atoms with Gasteiger partial charge in [0.05, 0.1) is 0 Å². The number of urea groups is 1. The molecule has 6 heteroatoms. The Kier molecular flexibility index (Phi) is 3.28. The lowest BCUT2D eigenvalue weighted by molar-refractivity contribution is -0.142. The highest BCUT2D eigenvalue weighted by atomic mass is 16.2. The Morgan fingerprint density at radius 1 is 1.33 bits per heavy atom. The number of nitrogens with zero attached hydrogens (tertiary/aromatic N) is 1. The fraction of sp³-hybridized carbons (Fsp3) is 0.750. The van der Waals surface area contributed by atoms with Gasteiger partial charge in [0.2, 0.25) is 5.91 Å². The minimum Gasteiger partial charge on any atom is -0.335 e. The number of hydrogen-bond acceptors (Lipinski definition) is 3. The summed E-state index contributed by atoms with van der Waals surface area (Å²) < 4.78 is 0. The highest BCUT2D eigenvalue weighted by molar-refractivity contribution is 6.05. The van der Waals surface area contributed by atoms with E-state index in [1.54, 1.807) is 13.8 Å². The topological polar surface area (TPSA) is 78.5 Å². The smallest absolute Gasteiger partial charge is 0.318 e. The lowest BCUT2D eigenvalue weighted by Gasteiger charge is -2.40. The van der Waals surface area contributed by atoms with Crippen molar-refractivity contribution in [2.24, 2.45) is 0 Å². The Labute approximate surface area is 106 Å². The molecule has 0 aromatic rings. The normalized spacial score (nSPS) is 24.0. The van der Waals surface area contributed by atoms with Crippen molar-refractivity contribution in [3.05, 3.63) is 0 Å². The molecule has 18 heavy (non-hydrogen) atoms. The third-order valence-electron chi connectivity index (χ3n) is 3.71. The van der Waals surface area contributed by atoms with E-state index >= 15 is 0 Å². The molecule has 6 nitrogen and oxygen atoms in total. The van der Waals surface area contributed by atoms with Crippen molar-refractivity contribution in [3.8, 4) is 0 Å². The van der Waals surface area contributed by atoms with Gasteiger partial charge >= 0.3 is 6.03 Å². The van der Waals surface area contributed by atoms with E-state index in [1.807, 2.05) is 0 Å². The molecule has 1 aliphatic carbocycles. The summed E-state index contributed by atoms with van der Waals surface area (Å²) in [6.07, 6.45) is 4.18. The second-order valence-corrected chi connectivity index (χ2v) is 5.45. The Balaban J connectivity index is 2.06. The summed E-state index contributed by atoms with van der Waals surface area (Å²) in [5.74, 6) is -0.860. The maximum atomic E-state index is 12.1. The maximum Gasteiger partial charge on any atom is 0.318 e. The molecule has 2 fully saturated rings. The Bertz CT molecular complexity index is 386. The summed E-state index contributed by atoms with van der Waals surface area (Å²) >= 11 is 0. The first-order chi connectivity index (χ1) is 8.41. The molecule has 0 atom stereocenters. The van der Waals surface area contributed by atoms with Crippen molar-refractivity contribution < 1.29 is 14.4 Å². The first-order valence-electron chi connectivity index (χ1n) is 6.33. The summed E-state index contributed by atoms with van der Waals surface area (Å²) in [6.45, 7) is 3.21. The predicted molar refractivity (Wildman–Crippen MR) is 64.7 cm³/mol. The zero-order valence-corrected chi connectivity index (χ0v) is 10.8. The lowest BCUT2D eigenvalue weighted by atomic mass is 9.99. The predicted octanol–water partition coefficient (Wildman–Crippen LogP) is 0.376. The van der Waals surface area contributed by atoms with Crippen LogP contribution in [-0.2, 0) is 9.59 Å². The molecule has 0 bridgehead atoms. The van der Waals surface area contributed by atoms with Gasteiger partial charge in [0.25, 0.3) is 5.91 Å². The van der Waals surface area contributed by atoms with Gasteiger partial charge in [-0.05, 0) is 26.7 Å². The van der Waals surface area contributed by atoms with Crippen LogP contribution in [0.5, 0.6) is 0 Å². The van der Waals surface area contributed by atoms with Crippen molar-refractivity contribution in [1.29, 1.82) is 0 Å². The molecule has 0 aromatic heterocycles. The Morgan fingerprint density at radius 3 is 2.56 bits per heavy atom. The number of imide groups is 1. The third kappa shape index (κ3) is 2.32. The van der Waals surface area contributed by atoms with E-state index in [1.165, 1.54) is 4.90 Å². The minimum atomic E-state index is -0.989. The van der Waals surface area contributed by atoms with Crippen molar-refractivity contribution >= 4 is 17.8 Å². The van der Waals surface area contributed by atoms with Gasteiger partial charge in [-0.25, -0.2) is 4.79 Å². The average Bonchev–Trinajstić information content (AvgIpc) is 2.76. The SMILES string of the molecule is CC1(C)C(=O)NC(=O)CN1C(=O)NC1CCCC1. The zero-order valence-electron chi connectivity index (χ0n) is 10.8. The van der Waals surface area contributed by atoms with E-state index in [0.29, 0.717) is 0 Å². The van der Waals surface area contributed by atoms with Gasteiger partial charge < -0.3 is 10.2 Å². The van der Waals surface area contributed by atoms with Gasteiger partial charge in [-0.15, -0.1) is 0 Å². The van der Waals surface area contributed by atoms with Gasteiger partial charge in [0, 0.05) is 6.04 Å². The fourth-order valence-corrected chi connectivity index (χ4v) is 2.43. The van der Waals surface area contributed by atoms with E-state index in [9.17, 15) is 14.4 Å². The molecular weight excluding hydrogens is 234 g/mol. The molecule has 0 aromatic carbocycles. The highest BCUT2D eigenvalue weighted by Gasteiger charge is 2.43. The minimum absolute atomic E-state index is 0.0721. The van der Waals surface area contributed by atoms with E-state index in [0.717, 1.165) is 25.7 Å². The molecule has 1 saturated carbocycles. The summed E-state index contributed by atoms with van der Waals surface area (Å²) in [5, 5.41) is 5.15. The van der Waals surface area contributed by atoms with Gasteiger partial charge in [-0.1, -0.05) is 12.8 Å². The standard InChI is InChI=1S/C12H19N3O3/c1-12(2)10(17)14-9(16)7-15(12)11(18)13-8-5-3-4-6-8/h8H,3-7H2,1-2H3,(H,13,18)(H,14,16,17). The number of piperazine rings is 1. The van der Waals surface area contributed by atoms with Crippen LogP contribution >= 0.6 is 0 Å². The molecule has 1 aliphatic heterocycles. The molecule has 0 spiro atoms. The number of carbonyl (C=O) groups excluding carboxylic acids is 3. The van der Waals surface area contributed by atoms with Gasteiger partial charge in [-0.3, -0.25) is 14.9 Å². The maximum absolute atomic E-state index is 12.1. The van der Waals surface area contributed by atoms with Crippen molar-refractivity contribution in [3.63, 3.8) is 0 Å². The second kappa shape index (κ2) is 4.59. The highest BCUT2D eigenvalue weighted by Crippen LogP contribution is 2.21. The van der Waals surface area contributed by atoms with Crippen LogP contribution in [0.1, 0.15) is 39.5 Å². The van der Waals surface area contributed by atoms with Gasteiger partial charge in [-0.2, -0.15) is 0 Å². The van der Waals surface area contributed by atoms with Crippen LogP contribution in [0.4, 0.5) is 4.79 Å². The second-order valence-electron chi connectivity index (χ2n) is 5.45. The monoisotopic (exact) mass is 253 g/mol. The molecule has 2 rings (SSSR count). The van der Waals surface area contributed by atoms with Crippen LogP contribution in [0.2, 0.25) is 0 Å². The molecule has 100 valence electrons. The largest absolute Gasteiger partial charge is 0.335 e. The van der Waals surface area contributed by atoms with Crippen LogP contribution in [-0.4, -0.2) is 40.9 Å². The summed E-state index contributed by atoms with van der Waals surface area (Å²) in [6, 6.07) is -0.150. The molecule has 0 unspecified atom stereocenters. The first kappa shape index (κ1) is 12.9. The summed E-state index contributed by atoms with van der Waals surface area (Å²) in [4.78, 5) is 36.5. The van der Waals surface area contributed by atoms with Crippen molar-refractivity contribution in [2.75, 3.05) is 6.54 Å². The lowest BCUT2D eigenvalue weighted by Crippen LogP contribution is -2.67. The quantitative estimate of drug-likeness (QED) is 0.663. The zero-order chi connectivity index (χ0) is 13.3. The molecule has 4 amide bonds. The van der Waals surface area contributed by atoms with Crippen LogP contribution in [0, 0.1) is 0 Å². The number of hydrogen-bond donors (Lipinski definition) is 2. The van der Waals surface area contributed by atoms with Crippen LogP contribution in [0.3, 0.4) is 0 Å². The average molecular weight is 253 g/mol. The van der Waals surface area contributed by atoms with E-state index in [4.69, 9.17) is 0 Å². The third-order valence-corrected chi connectivity index (χ3v) is 3.71. The molecular formula is C12H19N3O3. The molecule has 2 aliphatic rings. The molecule has 1 heterocycles. The first-order valence-corrected chi connectivity index (χ1v) is 6.33. The summed E-state index contributed by atoms with van der Waals surface area (Å²) in [7, 11) is 0. The Hall–Kier alpha value is -1.59. The van der Waals surface area contributed by atoms with Crippen LogP contribution in [0.25, 0.3) is 0 Å². The van der Waals surface area contributed by atoms with E-state index in [-0.39, 0.29) is 18.6 Å². The van der Waals surface area contributed by atoms with E-state index in [2.05, 4.69) is 10.6 Å². The van der Waals surface area contributed by atoms with Gasteiger partial charge in [0.1, 0.15) is 12.1 Å². The van der Waals surface area contributed by atoms with Crippen molar-refractivity contribution in [1.82, 2.24) is 15.5 Å². The number of nitrogens with one attached hydrogen (secondary N) is 2. The molecule has 2 N–H and O–H groups in total.